The molecule has 0 unspecified atom stereocenters. The van der Waals surface area contributed by atoms with E-state index < -0.39 is 4.92 Å². The SMILES string of the molecule is CNc1nc(C)c([N+](=O)[O-])c(NCc2cc(C)c(C)s2)n1. The second-order valence-corrected chi connectivity index (χ2v) is 5.98. The van der Waals surface area contributed by atoms with Gasteiger partial charge in [-0.15, -0.1) is 11.3 Å². The molecule has 0 aliphatic rings. The van der Waals surface area contributed by atoms with Crippen molar-refractivity contribution in [1.82, 2.24) is 9.97 Å². The smallest absolute Gasteiger partial charge is 0.332 e. The van der Waals surface area contributed by atoms with Crippen LogP contribution < -0.4 is 10.6 Å². The number of nitrogens with zero attached hydrogens (tertiary/aromatic N) is 3. The van der Waals surface area contributed by atoms with Crippen LogP contribution in [0.3, 0.4) is 0 Å². The molecule has 0 fully saturated rings. The van der Waals surface area contributed by atoms with E-state index in [0.29, 0.717) is 18.2 Å². The average Bonchev–Trinajstić information content (AvgIpc) is 2.74. The van der Waals surface area contributed by atoms with Gasteiger partial charge in [-0.25, -0.2) is 4.98 Å². The van der Waals surface area contributed by atoms with Crippen LogP contribution in [-0.4, -0.2) is 21.9 Å². The van der Waals surface area contributed by atoms with Gasteiger partial charge in [0.05, 0.1) is 11.5 Å². The third-order valence-electron chi connectivity index (χ3n) is 3.11. The third-order valence-corrected chi connectivity index (χ3v) is 4.26. The predicted molar refractivity (Wildman–Crippen MR) is 84.1 cm³/mol. The van der Waals surface area contributed by atoms with Gasteiger partial charge in [-0.2, -0.15) is 4.98 Å². The monoisotopic (exact) mass is 307 g/mol. The number of aryl methyl sites for hydroxylation is 3. The molecule has 2 aromatic heterocycles. The first kappa shape index (κ1) is 15.2. The molecule has 0 saturated heterocycles. The minimum atomic E-state index is -0.456. The Morgan fingerprint density at radius 3 is 2.57 bits per heavy atom. The highest BCUT2D eigenvalue weighted by Gasteiger charge is 2.21. The number of hydrogen-bond acceptors (Lipinski definition) is 7. The van der Waals surface area contributed by atoms with E-state index in [1.54, 1.807) is 25.3 Å². The van der Waals surface area contributed by atoms with Crippen molar-refractivity contribution < 1.29 is 4.92 Å². The molecule has 21 heavy (non-hydrogen) atoms. The second kappa shape index (κ2) is 6.04. The topological polar surface area (TPSA) is 93.0 Å². The lowest BCUT2D eigenvalue weighted by Gasteiger charge is -2.08. The van der Waals surface area contributed by atoms with Gasteiger partial charge in [0.2, 0.25) is 11.8 Å². The van der Waals surface area contributed by atoms with Crippen molar-refractivity contribution in [3.63, 3.8) is 0 Å². The van der Waals surface area contributed by atoms with Crippen molar-refractivity contribution in [3.8, 4) is 0 Å². The van der Waals surface area contributed by atoms with Gasteiger partial charge in [0.15, 0.2) is 0 Å². The zero-order valence-electron chi connectivity index (χ0n) is 12.4. The normalized spacial score (nSPS) is 10.5. The maximum Gasteiger partial charge on any atom is 0.332 e. The van der Waals surface area contributed by atoms with Gasteiger partial charge < -0.3 is 10.6 Å². The summed E-state index contributed by atoms with van der Waals surface area (Å²) >= 11 is 1.67. The molecular formula is C13H17N5O2S. The number of nitrogens with one attached hydrogen (secondary N) is 2. The van der Waals surface area contributed by atoms with Crippen molar-refractivity contribution in [1.29, 1.82) is 0 Å². The van der Waals surface area contributed by atoms with Crippen molar-refractivity contribution in [2.24, 2.45) is 0 Å². The molecule has 0 bridgehead atoms. The molecule has 0 aliphatic heterocycles. The summed E-state index contributed by atoms with van der Waals surface area (Å²) in [5, 5.41) is 17.0. The molecule has 0 saturated carbocycles. The van der Waals surface area contributed by atoms with Crippen LogP contribution in [-0.2, 0) is 6.54 Å². The maximum atomic E-state index is 11.2. The van der Waals surface area contributed by atoms with Crippen LogP contribution in [0, 0.1) is 30.9 Å². The van der Waals surface area contributed by atoms with E-state index in [2.05, 4.69) is 33.6 Å². The summed E-state index contributed by atoms with van der Waals surface area (Å²) in [6.45, 7) is 6.21. The number of nitro groups is 1. The minimum Gasteiger partial charge on any atom is -0.359 e. The van der Waals surface area contributed by atoms with E-state index in [9.17, 15) is 10.1 Å². The Morgan fingerprint density at radius 2 is 2.05 bits per heavy atom. The van der Waals surface area contributed by atoms with E-state index in [1.165, 1.54) is 10.4 Å². The van der Waals surface area contributed by atoms with Crippen LogP contribution in [0.4, 0.5) is 17.5 Å². The fourth-order valence-corrected chi connectivity index (χ4v) is 2.92. The van der Waals surface area contributed by atoms with E-state index >= 15 is 0 Å². The molecular weight excluding hydrogens is 290 g/mol. The lowest BCUT2D eigenvalue weighted by atomic mass is 10.3. The summed E-state index contributed by atoms with van der Waals surface area (Å²) in [5.41, 5.74) is 1.47. The Hall–Kier alpha value is -2.22. The first-order chi connectivity index (χ1) is 9.92. The van der Waals surface area contributed by atoms with E-state index in [-0.39, 0.29) is 11.5 Å². The minimum absolute atomic E-state index is 0.0843. The predicted octanol–water partition coefficient (Wildman–Crippen LogP) is 3.03. The standard InChI is InChI=1S/C13H17N5O2S/c1-7-5-10(21-9(7)3)6-15-12-11(18(19)20)8(2)16-13(14-4)17-12/h5H,6H2,1-4H3,(H2,14,15,16,17). The van der Waals surface area contributed by atoms with Crippen LogP contribution in [0.15, 0.2) is 6.07 Å². The Balaban J connectivity index is 2.29. The lowest BCUT2D eigenvalue weighted by Crippen LogP contribution is -2.09. The largest absolute Gasteiger partial charge is 0.359 e. The molecule has 7 nitrogen and oxygen atoms in total. The highest BCUT2D eigenvalue weighted by atomic mass is 32.1. The molecule has 0 atom stereocenters. The Bertz CT molecular complexity index is 664. The highest BCUT2D eigenvalue weighted by molar-refractivity contribution is 7.12. The van der Waals surface area contributed by atoms with Gasteiger partial charge in [-0.05, 0) is 32.4 Å². The molecule has 2 heterocycles. The van der Waals surface area contributed by atoms with E-state index in [0.717, 1.165) is 4.88 Å². The summed E-state index contributed by atoms with van der Waals surface area (Å²) in [6, 6.07) is 2.08. The lowest BCUT2D eigenvalue weighted by molar-refractivity contribution is -0.385. The zero-order chi connectivity index (χ0) is 15.6. The number of thiophene rings is 1. The molecule has 2 aromatic rings. The first-order valence-electron chi connectivity index (χ1n) is 6.43. The highest BCUT2D eigenvalue weighted by Crippen LogP contribution is 2.28. The third kappa shape index (κ3) is 3.27. The summed E-state index contributed by atoms with van der Waals surface area (Å²) in [5.74, 6) is 0.597. The van der Waals surface area contributed by atoms with Crippen LogP contribution >= 0.6 is 11.3 Å². The zero-order valence-corrected chi connectivity index (χ0v) is 13.2. The number of hydrogen-bond donors (Lipinski definition) is 2. The van der Waals surface area contributed by atoms with Gasteiger partial charge in [0.25, 0.3) is 0 Å². The number of rotatable bonds is 5. The van der Waals surface area contributed by atoms with E-state index in [4.69, 9.17) is 0 Å². The van der Waals surface area contributed by atoms with Crippen molar-refractivity contribution >= 4 is 28.8 Å². The average molecular weight is 307 g/mol. The Labute approximate surface area is 126 Å². The van der Waals surface area contributed by atoms with Gasteiger partial charge in [-0.1, -0.05) is 0 Å². The molecule has 8 heteroatoms. The fourth-order valence-electron chi connectivity index (χ4n) is 1.93. The molecule has 112 valence electrons. The van der Waals surface area contributed by atoms with Crippen molar-refractivity contribution in [2.45, 2.75) is 27.3 Å². The molecule has 0 aromatic carbocycles. The summed E-state index contributed by atoms with van der Waals surface area (Å²) in [6.07, 6.45) is 0. The van der Waals surface area contributed by atoms with Crippen molar-refractivity contribution in [2.75, 3.05) is 17.7 Å². The van der Waals surface area contributed by atoms with Crippen LogP contribution in [0.25, 0.3) is 0 Å². The number of aromatic nitrogens is 2. The van der Waals surface area contributed by atoms with Crippen molar-refractivity contribution in [3.05, 3.63) is 37.2 Å². The molecule has 0 aliphatic carbocycles. The Kier molecular flexibility index (Phi) is 4.37. The van der Waals surface area contributed by atoms with Crippen LogP contribution in [0.5, 0.6) is 0 Å². The van der Waals surface area contributed by atoms with Crippen LogP contribution in [0.2, 0.25) is 0 Å². The maximum absolute atomic E-state index is 11.2. The van der Waals surface area contributed by atoms with Gasteiger partial charge in [0.1, 0.15) is 5.69 Å². The van der Waals surface area contributed by atoms with Gasteiger partial charge in [0, 0.05) is 16.8 Å². The Morgan fingerprint density at radius 1 is 1.33 bits per heavy atom. The van der Waals surface area contributed by atoms with E-state index in [1.807, 2.05) is 6.92 Å². The fraction of sp³-hybridized carbons (Fsp3) is 0.385. The first-order valence-corrected chi connectivity index (χ1v) is 7.24. The quantitative estimate of drug-likeness (QED) is 0.651. The molecule has 2 rings (SSSR count). The molecule has 0 amide bonds. The van der Waals surface area contributed by atoms with Gasteiger partial charge in [-0.3, -0.25) is 10.1 Å². The second-order valence-electron chi connectivity index (χ2n) is 4.64. The molecule has 2 N–H and O–H groups in total. The van der Waals surface area contributed by atoms with Crippen LogP contribution in [0.1, 0.15) is 21.0 Å². The number of anilines is 2. The summed E-state index contributed by atoms with van der Waals surface area (Å²) in [4.78, 5) is 21.3. The van der Waals surface area contributed by atoms with Gasteiger partial charge >= 0.3 is 5.69 Å². The summed E-state index contributed by atoms with van der Waals surface area (Å²) < 4.78 is 0. The summed E-state index contributed by atoms with van der Waals surface area (Å²) in [7, 11) is 1.68. The molecule has 0 radical (unpaired) electrons. The molecule has 0 spiro atoms.